The van der Waals surface area contributed by atoms with Crippen LogP contribution < -0.4 is 10.6 Å². The van der Waals surface area contributed by atoms with Crippen molar-refractivity contribution in [1.29, 1.82) is 5.41 Å². The second-order valence-corrected chi connectivity index (χ2v) is 4.78. The largest absolute Gasteiger partial charge is 0.384 e. The van der Waals surface area contributed by atoms with Crippen molar-refractivity contribution in [1.82, 2.24) is 4.98 Å². The summed E-state index contributed by atoms with van der Waals surface area (Å²) in [5, 5.41) is 8.61. The molecule has 1 aromatic heterocycles. The molecular formula is C14H18N4. The molecule has 0 saturated carbocycles. The molecule has 0 radical (unpaired) electrons. The molecule has 0 aliphatic rings. The fraction of sp³-hybridized carbons (Fsp3) is 0.286. The molecule has 18 heavy (non-hydrogen) atoms. The van der Waals surface area contributed by atoms with Gasteiger partial charge in [-0.15, -0.1) is 0 Å². The van der Waals surface area contributed by atoms with Crippen LogP contribution in [0.4, 0.5) is 5.69 Å². The number of anilines is 1. The number of benzene rings is 1. The average Bonchev–Trinajstić information content (AvgIpc) is 2.28. The number of rotatable bonds is 2. The molecule has 0 bridgehead atoms. The van der Waals surface area contributed by atoms with E-state index in [1.807, 2.05) is 46.1 Å². The molecule has 0 saturated heterocycles. The van der Waals surface area contributed by atoms with Crippen molar-refractivity contribution >= 4 is 22.4 Å². The minimum atomic E-state index is 0.0882. The standard InChI is InChI=1S/C14H18N4/c1-8-5-10(14(15)16)7-11-12(18(3)4)6-9(2)17-13(8)11/h5-7H,1-4H3,(H3,15,16). The average molecular weight is 242 g/mol. The van der Waals surface area contributed by atoms with E-state index in [0.717, 1.165) is 33.4 Å². The maximum atomic E-state index is 7.57. The van der Waals surface area contributed by atoms with Gasteiger partial charge in [-0.25, -0.2) is 0 Å². The first-order valence-corrected chi connectivity index (χ1v) is 5.84. The molecule has 0 aliphatic heterocycles. The maximum absolute atomic E-state index is 7.57. The fourth-order valence-corrected chi connectivity index (χ4v) is 2.13. The van der Waals surface area contributed by atoms with E-state index in [4.69, 9.17) is 11.1 Å². The molecule has 1 heterocycles. The van der Waals surface area contributed by atoms with Crippen LogP contribution in [-0.2, 0) is 0 Å². The van der Waals surface area contributed by atoms with Crippen LogP contribution in [0.25, 0.3) is 10.9 Å². The van der Waals surface area contributed by atoms with Crippen LogP contribution in [0, 0.1) is 19.3 Å². The van der Waals surface area contributed by atoms with E-state index in [1.165, 1.54) is 0 Å². The minimum absolute atomic E-state index is 0.0882. The quantitative estimate of drug-likeness (QED) is 0.626. The Balaban J connectivity index is 2.88. The summed E-state index contributed by atoms with van der Waals surface area (Å²) in [4.78, 5) is 6.64. The predicted molar refractivity (Wildman–Crippen MR) is 76.6 cm³/mol. The lowest BCUT2D eigenvalue weighted by atomic mass is 10.0. The number of aryl methyl sites for hydroxylation is 2. The molecule has 4 nitrogen and oxygen atoms in total. The van der Waals surface area contributed by atoms with E-state index in [1.54, 1.807) is 0 Å². The molecule has 94 valence electrons. The Morgan fingerprint density at radius 2 is 1.89 bits per heavy atom. The molecule has 0 amide bonds. The van der Waals surface area contributed by atoms with Gasteiger partial charge in [0.05, 0.1) is 5.52 Å². The third-order valence-electron chi connectivity index (χ3n) is 3.00. The van der Waals surface area contributed by atoms with Gasteiger partial charge in [0.15, 0.2) is 0 Å². The monoisotopic (exact) mass is 242 g/mol. The van der Waals surface area contributed by atoms with Crippen LogP contribution in [0.2, 0.25) is 0 Å². The normalized spacial score (nSPS) is 10.7. The van der Waals surface area contributed by atoms with Crippen molar-refractivity contribution in [2.24, 2.45) is 5.73 Å². The SMILES string of the molecule is Cc1cc(N(C)C)c2cc(C(=N)N)cc(C)c2n1. The van der Waals surface area contributed by atoms with Crippen LogP contribution in [0.15, 0.2) is 18.2 Å². The van der Waals surface area contributed by atoms with Crippen LogP contribution >= 0.6 is 0 Å². The molecule has 0 atom stereocenters. The number of amidine groups is 1. The van der Waals surface area contributed by atoms with Gasteiger partial charge in [0.25, 0.3) is 0 Å². The molecule has 0 spiro atoms. The van der Waals surface area contributed by atoms with E-state index >= 15 is 0 Å². The smallest absolute Gasteiger partial charge is 0.122 e. The number of nitrogens with one attached hydrogen (secondary N) is 1. The van der Waals surface area contributed by atoms with Gasteiger partial charge in [-0.05, 0) is 37.6 Å². The highest BCUT2D eigenvalue weighted by molar-refractivity contribution is 6.02. The Kier molecular flexibility index (Phi) is 2.95. The summed E-state index contributed by atoms with van der Waals surface area (Å²) in [6.07, 6.45) is 0. The maximum Gasteiger partial charge on any atom is 0.122 e. The van der Waals surface area contributed by atoms with Crippen LogP contribution in [0.3, 0.4) is 0 Å². The summed E-state index contributed by atoms with van der Waals surface area (Å²) < 4.78 is 0. The van der Waals surface area contributed by atoms with Crippen LogP contribution in [-0.4, -0.2) is 24.9 Å². The predicted octanol–water partition coefficient (Wildman–Crippen LogP) is 2.20. The summed E-state index contributed by atoms with van der Waals surface area (Å²) in [5.41, 5.74) is 10.4. The van der Waals surface area contributed by atoms with Crippen molar-refractivity contribution in [3.63, 3.8) is 0 Å². The lowest BCUT2D eigenvalue weighted by Gasteiger charge is -2.17. The molecule has 2 rings (SSSR count). The minimum Gasteiger partial charge on any atom is -0.384 e. The Labute approximate surface area is 107 Å². The summed E-state index contributed by atoms with van der Waals surface area (Å²) in [6, 6.07) is 5.90. The number of aromatic nitrogens is 1. The number of nitrogens with two attached hydrogens (primary N) is 1. The molecule has 1 aromatic carbocycles. The van der Waals surface area contributed by atoms with Gasteiger partial charge in [-0.2, -0.15) is 0 Å². The fourth-order valence-electron chi connectivity index (χ4n) is 2.13. The third-order valence-corrected chi connectivity index (χ3v) is 3.00. The Hall–Kier alpha value is -2.10. The first-order chi connectivity index (χ1) is 8.40. The number of nitrogen functional groups attached to an aromatic ring is 1. The van der Waals surface area contributed by atoms with Gasteiger partial charge >= 0.3 is 0 Å². The first-order valence-electron chi connectivity index (χ1n) is 5.84. The molecule has 3 N–H and O–H groups in total. The van der Waals surface area contributed by atoms with Gasteiger partial charge in [-0.1, -0.05) is 0 Å². The van der Waals surface area contributed by atoms with Gasteiger partial charge < -0.3 is 10.6 Å². The highest BCUT2D eigenvalue weighted by atomic mass is 15.1. The zero-order valence-corrected chi connectivity index (χ0v) is 11.2. The van der Waals surface area contributed by atoms with Gasteiger partial charge in [0, 0.05) is 36.4 Å². The summed E-state index contributed by atoms with van der Waals surface area (Å²) >= 11 is 0. The second kappa shape index (κ2) is 4.29. The summed E-state index contributed by atoms with van der Waals surface area (Å²) in [6.45, 7) is 3.99. The Morgan fingerprint density at radius 1 is 1.22 bits per heavy atom. The van der Waals surface area contributed by atoms with Crippen LogP contribution in [0.5, 0.6) is 0 Å². The van der Waals surface area contributed by atoms with Crippen molar-refractivity contribution in [3.05, 3.63) is 35.0 Å². The summed E-state index contributed by atoms with van der Waals surface area (Å²) in [5.74, 6) is 0.0882. The highest BCUT2D eigenvalue weighted by Crippen LogP contribution is 2.28. The van der Waals surface area contributed by atoms with Gasteiger partial charge in [-0.3, -0.25) is 10.4 Å². The van der Waals surface area contributed by atoms with Crippen molar-refractivity contribution in [2.75, 3.05) is 19.0 Å². The van der Waals surface area contributed by atoms with E-state index in [0.29, 0.717) is 0 Å². The zero-order valence-electron chi connectivity index (χ0n) is 11.2. The number of hydrogen-bond donors (Lipinski definition) is 2. The Morgan fingerprint density at radius 3 is 2.44 bits per heavy atom. The highest BCUT2D eigenvalue weighted by Gasteiger charge is 2.10. The van der Waals surface area contributed by atoms with Crippen molar-refractivity contribution in [3.8, 4) is 0 Å². The molecule has 0 fully saturated rings. The number of pyridine rings is 1. The number of nitrogens with zero attached hydrogens (tertiary/aromatic N) is 2. The number of hydrogen-bond acceptors (Lipinski definition) is 3. The van der Waals surface area contributed by atoms with Gasteiger partial charge in [0.2, 0.25) is 0 Å². The zero-order chi connectivity index (χ0) is 13.4. The first kappa shape index (κ1) is 12.4. The van der Waals surface area contributed by atoms with Crippen LogP contribution in [0.1, 0.15) is 16.8 Å². The van der Waals surface area contributed by atoms with Crippen molar-refractivity contribution in [2.45, 2.75) is 13.8 Å². The van der Waals surface area contributed by atoms with Crippen molar-refractivity contribution < 1.29 is 0 Å². The molecule has 2 aromatic rings. The lowest BCUT2D eigenvalue weighted by molar-refractivity contribution is 1.12. The molecular weight excluding hydrogens is 224 g/mol. The molecule has 4 heteroatoms. The Bertz CT molecular complexity index is 629. The number of fused-ring (bicyclic) bond motifs is 1. The van der Waals surface area contributed by atoms with E-state index in [9.17, 15) is 0 Å². The van der Waals surface area contributed by atoms with E-state index < -0.39 is 0 Å². The molecule has 0 unspecified atom stereocenters. The summed E-state index contributed by atoms with van der Waals surface area (Å²) in [7, 11) is 4.01. The van der Waals surface area contributed by atoms with E-state index in [2.05, 4.69) is 9.88 Å². The molecule has 0 aliphatic carbocycles. The topological polar surface area (TPSA) is 66.0 Å². The third kappa shape index (κ3) is 2.01. The van der Waals surface area contributed by atoms with Gasteiger partial charge in [0.1, 0.15) is 5.84 Å². The van der Waals surface area contributed by atoms with E-state index in [-0.39, 0.29) is 5.84 Å². The lowest BCUT2D eigenvalue weighted by Crippen LogP contribution is -2.13. The second-order valence-electron chi connectivity index (χ2n) is 4.78.